The topological polar surface area (TPSA) is 20.2 Å². The Kier molecular flexibility index (Phi) is 4.27. The molecule has 1 nitrogen and oxygen atoms in total. The van der Waals surface area contributed by atoms with Gasteiger partial charge in [0.05, 0.1) is 0 Å². The van der Waals surface area contributed by atoms with E-state index in [1.54, 1.807) is 17.8 Å². The Morgan fingerprint density at radius 3 is 2.33 bits per heavy atom. The first-order chi connectivity index (χ1) is 10.3. The molecule has 0 aliphatic carbocycles. The van der Waals surface area contributed by atoms with E-state index in [0.717, 1.165) is 16.5 Å². The summed E-state index contributed by atoms with van der Waals surface area (Å²) in [5.74, 6) is 1.25. The van der Waals surface area contributed by atoms with E-state index in [-0.39, 0.29) is 0 Å². The van der Waals surface area contributed by atoms with Crippen LogP contribution in [0.4, 0.5) is 0 Å². The molecule has 0 amide bonds. The van der Waals surface area contributed by atoms with Crippen LogP contribution in [-0.4, -0.2) is 10.9 Å². The van der Waals surface area contributed by atoms with E-state index in [9.17, 15) is 5.11 Å². The minimum Gasteiger partial charge on any atom is -0.507 e. The molecule has 0 heterocycles. The average Bonchev–Trinajstić information content (AvgIpc) is 2.55. The summed E-state index contributed by atoms with van der Waals surface area (Å²) in [6.45, 7) is 0. The number of phenols is 1. The minimum atomic E-state index is 0.342. The molecule has 0 saturated carbocycles. The molecule has 2 heteroatoms. The minimum absolute atomic E-state index is 0.342. The van der Waals surface area contributed by atoms with Crippen LogP contribution in [0.5, 0.6) is 5.75 Å². The maximum absolute atomic E-state index is 9.89. The Morgan fingerprint density at radius 1 is 0.810 bits per heavy atom. The smallest absolute Gasteiger partial charge is 0.123 e. The molecule has 104 valence electrons. The van der Waals surface area contributed by atoms with Crippen molar-refractivity contribution in [2.75, 3.05) is 5.75 Å². The van der Waals surface area contributed by atoms with Gasteiger partial charge in [-0.2, -0.15) is 0 Å². The molecule has 0 spiro atoms. The van der Waals surface area contributed by atoms with Crippen LogP contribution in [0.1, 0.15) is 5.56 Å². The van der Waals surface area contributed by atoms with Crippen molar-refractivity contribution < 1.29 is 5.11 Å². The maximum Gasteiger partial charge on any atom is 0.123 e. The Balaban J connectivity index is 1.74. The number of fused-ring (bicyclic) bond motifs is 1. The lowest BCUT2D eigenvalue weighted by molar-refractivity contribution is 0.481. The molecule has 0 aliphatic rings. The highest BCUT2D eigenvalue weighted by Crippen LogP contribution is 2.33. The first-order valence-corrected chi connectivity index (χ1v) is 7.88. The second-order valence-corrected chi connectivity index (χ2v) is 5.81. The van der Waals surface area contributed by atoms with Crippen molar-refractivity contribution in [2.24, 2.45) is 0 Å². The molecule has 0 atom stereocenters. The Hall–Kier alpha value is -2.19. The van der Waals surface area contributed by atoms with Gasteiger partial charge in [-0.1, -0.05) is 66.7 Å². The fourth-order valence-corrected chi connectivity index (χ4v) is 3.14. The highest BCUT2D eigenvalue weighted by molar-refractivity contribution is 7.99. The molecule has 0 bridgehead atoms. The lowest BCUT2D eigenvalue weighted by Crippen LogP contribution is -1.80. The normalized spacial score (nSPS) is 11.2. The third-order valence-corrected chi connectivity index (χ3v) is 4.33. The molecule has 0 aliphatic heterocycles. The third-order valence-electron chi connectivity index (χ3n) is 3.31. The summed E-state index contributed by atoms with van der Waals surface area (Å²) in [6.07, 6.45) is 4.30. The predicted molar refractivity (Wildman–Crippen MR) is 91.8 cm³/mol. The summed E-state index contributed by atoms with van der Waals surface area (Å²) in [6, 6.07) is 22.0. The Labute approximate surface area is 128 Å². The van der Waals surface area contributed by atoms with Gasteiger partial charge in [0.2, 0.25) is 0 Å². The van der Waals surface area contributed by atoms with E-state index in [0.29, 0.717) is 5.75 Å². The van der Waals surface area contributed by atoms with Gasteiger partial charge in [-0.3, -0.25) is 0 Å². The summed E-state index contributed by atoms with van der Waals surface area (Å²) in [7, 11) is 0. The fraction of sp³-hybridized carbons (Fsp3) is 0.0526. The van der Waals surface area contributed by atoms with Crippen LogP contribution >= 0.6 is 11.8 Å². The standard InChI is InChI=1S/C19H16OS/c20-18-12-13-19(17-11-5-4-10-16(17)18)21-14-6-9-15-7-2-1-3-8-15/h1-13,20H,14H2/b9-6+. The van der Waals surface area contributed by atoms with Crippen LogP contribution in [-0.2, 0) is 0 Å². The third kappa shape index (κ3) is 3.29. The molecular weight excluding hydrogens is 276 g/mol. The zero-order valence-electron chi connectivity index (χ0n) is 11.6. The molecule has 3 aromatic carbocycles. The molecule has 3 aromatic rings. The van der Waals surface area contributed by atoms with E-state index in [1.807, 2.05) is 42.5 Å². The summed E-state index contributed by atoms with van der Waals surface area (Å²) >= 11 is 1.78. The number of rotatable bonds is 4. The summed E-state index contributed by atoms with van der Waals surface area (Å²) in [4.78, 5) is 1.20. The zero-order chi connectivity index (χ0) is 14.5. The van der Waals surface area contributed by atoms with Crippen LogP contribution < -0.4 is 0 Å². The number of hydrogen-bond acceptors (Lipinski definition) is 2. The molecule has 0 aromatic heterocycles. The highest BCUT2D eigenvalue weighted by atomic mass is 32.2. The molecular formula is C19H16OS. The average molecular weight is 292 g/mol. The summed E-state index contributed by atoms with van der Waals surface area (Å²) < 4.78 is 0. The van der Waals surface area contributed by atoms with Crippen molar-refractivity contribution in [1.82, 2.24) is 0 Å². The lowest BCUT2D eigenvalue weighted by Gasteiger charge is -2.06. The summed E-state index contributed by atoms with van der Waals surface area (Å²) in [5, 5.41) is 11.9. The van der Waals surface area contributed by atoms with Gasteiger partial charge in [-0.25, -0.2) is 0 Å². The number of thioether (sulfide) groups is 1. The Bertz CT molecular complexity index is 763. The van der Waals surface area contributed by atoms with Gasteiger partial charge in [-0.15, -0.1) is 11.8 Å². The van der Waals surface area contributed by atoms with Crippen molar-refractivity contribution in [1.29, 1.82) is 0 Å². The molecule has 21 heavy (non-hydrogen) atoms. The number of hydrogen-bond donors (Lipinski definition) is 1. The zero-order valence-corrected chi connectivity index (χ0v) is 12.4. The van der Waals surface area contributed by atoms with Crippen molar-refractivity contribution in [3.05, 3.63) is 78.4 Å². The van der Waals surface area contributed by atoms with E-state index in [1.165, 1.54) is 10.5 Å². The largest absolute Gasteiger partial charge is 0.507 e. The quantitative estimate of drug-likeness (QED) is 0.654. The monoisotopic (exact) mass is 292 g/mol. The van der Waals surface area contributed by atoms with Crippen molar-refractivity contribution in [2.45, 2.75) is 4.90 Å². The van der Waals surface area contributed by atoms with Gasteiger partial charge in [0.25, 0.3) is 0 Å². The van der Waals surface area contributed by atoms with Crippen molar-refractivity contribution in [3.8, 4) is 5.75 Å². The van der Waals surface area contributed by atoms with Crippen LogP contribution in [0.3, 0.4) is 0 Å². The van der Waals surface area contributed by atoms with Gasteiger partial charge in [0.1, 0.15) is 5.75 Å². The van der Waals surface area contributed by atoms with Crippen molar-refractivity contribution in [3.63, 3.8) is 0 Å². The molecule has 0 radical (unpaired) electrons. The first kappa shape index (κ1) is 13.8. The molecule has 3 rings (SSSR count). The van der Waals surface area contributed by atoms with Crippen LogP contribution in [0.25, 0.3) is 16.8 Å². The SMILES string of the molecule is Oc1ccc(SC/C=C/c2ccccc2)c2ccccc12. The van der Waals surface area contributed by atoms with Crippen molar-refractivity contribution >= 4 is 28.6 Å². The number of aromatic hydroxyl groups is 1. The molecule has 0 saturated heterocycles. The van der Waals surface area contributed by atoms with Crippen LogP contribution in [0.2, 0.25) is 0 Å². The fourth-order valence-electron chi connectivity index (χ4n) is 2.27. The second kappa shape index (κ2) is 6.51. The number of benzene rings is 3. The van der Waals surface area contributed by atoms with Gasteiger partial charge < -0.3 is 5.11 Å². The highest BCUT2D eigenvalue weighted by Gasteiger charge is 2.04. The van der Waals surface area contributed by atoms with Crippen LogP contribution in [0, 0.1) is 0 Å². The number of phenolic OH excluding ortho intramolecular Hbond substituents is 1. The van der Waals surface area contributed by atoms with Gasteiger partial charge in [-0.05, 0) is 23.1 Å². The predicted octanol–water partition coefficient (Wildman–Crippen LogP) is 5.35. The second-order valence-electron chi connectivity index (χ2n) is 4.75. The van der Waals surface area contributed by atoms with E-state index in [2.05, 4.69) is 30.4 Å². The maximum atomic E-state index is 9.89. The van der Waals surface area contributed by atoms with Gasteiger partial charge in [0, 0.05) is 16.0 Å². The molecule has 0 unspecified atom stereocenters. The van der Waals surface area contributed by atoms with E-state index >= 15 is 0 Å². The first-order valence-electron chi connectivity index (χ1n) is 6.90. The lowest BCUT2D eigenvalue weighted by atomic mass is 10.1. The summed E-state index contributed by atoms with van der Waals surface area (Å²) in [5.41, 5.74) is 1.22. The van der Waals surface area contributed by atoms with E-state index < -0.39 is 0 Å². The van der Waals surface area contributed by atoms with E-state index in [4.69, 9.17) is 0 Å². The van der Waals surface area contributed by atoms with Gasteiger partial charge in [0.15, 0.2) is 0 Å². The molecule has 1 N–H and O–H groups in total. The van der Waals surface area contributed by atoms with Gasteiger partial charge >= 0.3 is 0 Å². The Morgan fingerprint density at radius 2 is 1.52 bits per heavy atom. The molecule has 0 fully saturated rings. The van der Waals surface area contributed by atoms with Crippen LogP contribution in [0.15, 0.2) is 77.7 Å².